The minimum absolute atomic E-state index is 0.0672. The fourth-order valence-corrected chi connectivity index (χ4v) is 3.54. The standard InChI is InChI=1S/C19H20F3N5/c1-11-9-16(27-18(23-11)25-17(26-27)19(20,21)22)24-12(2)14-8-7-13-5-3-4-6-15(13)10-14/h7-10,12,24H,3-6H2,1-2H3. The number of rotatable bonds is 3. The molecular weight excluding hydrogens is 355 g/mol. The molecule has 2 heterocycles. The zero-order chi connectivity index (χ0) is 19.2. The molecule has 1 atom stereocenters. The van der Waals surface area contributed by atoms with Crippen molar-refractivity contribution in [1.29, 1.82) is 0 Å². The summed E-state index contributed by atoms with van der Waals surface area (Å²) < 4.78 is 40.0. The van der Waals surface area contributed by atoms with Gasteiger partial charge in [-0.2, -0.15) is 22.7 Å². The molecule has 3 aromatic rings. The van der Waals surface area contributed by atoms with Crippen LogP contribution in [0.25, 0.3) is 5.78 Å². The SMILES string of the molecule is Cc1cc(NC(C)c2ccc3c(c2)CCCC3)n2nc(C(F)(F)F)nc2n1. The summed E-state index contributed by atoms with van der Waals surface area (Å²) in [6.45, 7) is 3.70. The fraction of sp³-hybridized carbons (Fsp3) is 0.421. The van der Waals surface area contributed by atoms with Gasteiger partial charge in [0.25, 0.3) is 11.6 Å². The van der Waals surface area contributed by atoms with E-state index < -0.39 is 12.0 Å². The number of benzene rings is 1. The van der Waals surface area contributed by atoms with Gasteiger partial charge in [-0.3, -0.25) is 0 Å². The van der Waals surface area contributed by atoms with Gasteiger partial charge in [-0.05, 0) is 56.2 Å². The van der Waals surface area contributed by atoms with Crippen LogP contribution in [-0.2, 0) is 19.0 Å². The number of aryl methyl sites for hydroxylation is 3. The first-order valence-electron chi connectivity index (χ1n) is 9.01. The van der Waals surface area contributed by atoms with Gasteiger partial charge in [-0.25, -0.2) is 4.98 Å². The van der Waals surface area contributed by atoms with E-state index in [4.69, 9.17) is 0 Å². The van der Waals surface area contributed by atoms with Crippen molar-refractivity contribution < 1.29 is 13.2 Å². The monoisotopic (exact) mass is 375 g/mol. The summed E-state index contributed by atoms with van der Waals surface area (Å²) in [5.41, 5.74) is 4.42. The maximum absolute atomic E-state index is 13.0. The number of halogens is 3. The lowest BCUT2D eigenvalue weighted by Gasteiger charge is -2.21. The molecule has 0 fully saturated rings. The molecule has 0 aliphatic heterocycles. The Morgan fingerprint density at radius 3 is 2.56 bits per heavy atom. The molecule has 0 bridgehead atoms. The molecule has 142 valence electrons. The fourth-order valence-electron chi connectivity index (χ4n) is 3.54. The summed E-state index contributed by atoms with van der Waals surface area (Å²) >= 11 is 0. The molecule has 1 aliphatic carbocycles. The first-order chi connectivity index (χ1) is 12.8. The van der Waals surface area contributed by atoms with Crippen LogP contribution in [0.4, 0.5) is 19.0 Å². The average molecular weight is 375 g/mol. The molecule has 27 heavy (non-hydrogen) atoms. The number of alkyl halides is 3. The van der Waals surface area contributed by atoms with Gasteiger partial charge in [0.05, 0.1) is 0 Å². The number of hydrogen-bond donors (Lipinski definition) is 1. The normalized spacial score (nSPS) is 15.6. The highest BCUT2D eigenvalue weighted by Crippen LogP contribution is 2.29. The van der Waals surface area contributed by atoms with E-state index in [2.05, 4.69) is 38.6 Å². The van der Waals surface area contributed by atoms with Crippen LogP contribution in [0.1, 0.15) is 54.0 Å². The molecule has 2 aromatic heterocycles. The first kappa shape index (κ1) is 17.8. The maximum atomic E-state index is 13.0. The summed E-state index contributed by atoms with van der Waals surface area (Å²) in [7, 11) is 0. The van der Waals surface area contributed by atoms with Crippen LogP contribution >= 0.6 is 0 Å². The molecule has 0 amide bonds. The quantitative estimate of drug-likeness (QED) is 0.732. The van der Waals surface area contributed by atoms with Crippen molar-refractivity contribution in [2.75, 3.05) is 5.32 Å². The Kier molecular flexibility index (Phi) is 4.28. The second-order valence-corrected chi connectivity index (χ2v) is 7.03. The molecular formula is C19H20F3N5. The third kappa shape index (κ3) is 3.48. The number of anilines is 1. The zero-order valence-electron chi connectivity index (χ0n) is 15.1. The van der Waals surface area contributed by atoms with Gasteiger partial charge in [-0.15, -0.1) is 5.10 Å². The van der Waals surface area contributed by atoms with Crippen molar-refractivity contribution in [3.05, 3.63) is 52.5 Å². The zero-order valence-corrected chi connectivity index (χ0v) is 15.1. The Labute approximate surface area is 154 Å². The summed E-state index contributed by atoms with van der Waals surface area (Å²) in [6, 6.07) is 8.01. The lowest BCUT2D eigenvalue weighted by Crippen LogP contribution is -2.13. The first-order valence-corrected chi connectivity index (χ1v) is 9.01. The molecule has 0 saturated carbocycles. The van der Waals surface area contributed by atoms with Crippen molar-refractivity contribution in [3.8, 4) is 0 Å². The maximum Gasteiger partial charge on any atom is 0.453 e. The van der Waals surface area contributed by atoms with Gasteiger partial charge in [-0.1, -0.05) is 18.2 Å². The van der Waals surface area contributed by atoms with Gasteiger partial charge < -0.3 is 5.32 Å². The molecule has 0 radical (unpaired) electrons. The van der Waals surface area contributed by atoms with E-state index in [-0.39, 0.29) is 11.8 Å². The van der Waals surface area contributed by atoms with Crippen LogP contribution in [0.15, 0.2) is 24.3 Å². The molecule has 4 rings (SSSR count). The van der Waals surface area contributed by atoms with Gasteiger partial charge in [0.2, 0.25) is 0 Å². The predicted molar refractivity (Wildman–Crippen MR) is 95.6 cm³/mol. The Bertz CT molecular complexity index is 993. The number of aromatic nitrogens is 4. The second-order valence-electron chi connectivity index (χ2n) is 7.03. The molecule has 1 aliphatic rings. The van der Waals surface area contributed by atoms with Crippen molar-refractivity contribution in [2.24, 2.45) is 0 Å². The van der Waals surface area contributed by atoms with E-state index in [9.17, 15) is 13.2 Å². The van der Waals surface area contributed by atoms with Gasteiger partial charge >= 0.3 is 6.18 Å². The lowest BCUT2D eigenvalue weighted by molar-refractivity contribution is -0.144. The Morgan fingerprint density at radius 2 is 1.81 bits per heavy atom. The third-order valence-corrected chi connectivity index (χ3v) is 4.93. The Hall–Kier alpha value is -2.64. The van der Waals surface area contributed by atoms with E-state index in [1.54, 1.807) is 13.0 Å². The third-order valence-electron chi connectivity index (χ3n) is 4.93. The van der Waals surface area contributed by atoms with Gasteiger partial charge in [0, 0.05) is 17.8 Å². The second kappa shape index (κ2) is 6.51. The highest BCUT2D eigenvalue weighted by atomic mass is 19.4. The van der Waals surface area contributed by atoms with E-state index in [0.29, 0.717) is 11.5 Å². The molecule has 1 aromatic carbocycles. The molecule has 1 unspecified atom stereocenters. The average Bonchev–Trinajstić information content (AvgIpc) is 3.05. The number of nitrogens with one attached hydrogen (secondary N) is 1. The van der Waals surface area contributed by atoms with E-state index >= 15 is 0 Å². The molecule has 5 nitrogen and oxygen atoms in total. The lowest BCUT2D eigenvalue weighted by atomic mass is 9.89. The summed E-state index contributed by atoms with van der Waals surface area (Å²) in [5.74, 6) is -0.821. The summed E-state index contributed by atoms with van der Waals surface area (Å²) in [6.07, 6.45) is 0.000148. The van der Waals surface area contributed by atoms with E-state index in [1.807, 2.05) is 6.92 Å². The van der Waals surface area contributed by atoms with E-state index in [0.717, 1.165) is 22.9 Å². The van der Waals surface area contributed by atoms with Crippen LogP contribution in [0.3, 0.4) is 0 Å². The van der Waals surface area contributed by atoms with Crippen molar-refractivity contribution in [2.45, 2.75) is 51.7 Å². The highest BCUT2D eigenvalue weighted by Gasteiger charge is 2.37. The summed E-state index contributed by atoms with van der Waals surface area (Å²) in [4.78, 5) is 7.58. The summed E-state index contributed by atoms with van der Waals surface area (Å²) in [5, 5.41) is 6.86. The predicted octanol–water partition coefficient (Wildman–Crippen LogP) is 4.50. The Morgan fingerprint density at radius 1 is 1.07 bits per heavy atom. The topological polar surface area (TPSA) is 55.1 Å². The van der Waals surface area contributed by atoms with Crippen LogP contribution in [0.2, 0.25) is 0 Å². The smallest absolute Gasteiger partial charge is 0.363 e. The molecule has 0 spiro atoms. The van der Waals surface area contributed by atoms with Crippen molar-refractivity contribution in [1.82, 2.24) is 19.6 Å². The molecule has 1 N–H and O–H groups in total. The molecule has 8 heteroatoms. The highest BCUT2D eigenvalue weighted by molar-refractivity contribution is 5.47. The Balaban J connectivity index is 1.67. The van der Waals surface area contributed by atoms with Gasteiger partial charge in [0.1, 0.15) is 5.82 Å². The number of nitrogens with zero attached hydrogens (tertiary/aromatic N) is 4. The number of hydrogen-bond acceptors (Lipinski definition) is 4. The van der Waals surface area contributed by atoms with Crippen LogP contribution in [0, 0.1) is 6.92 Å². The van der Waals surface area contributed by atoms with Crippen LogP contribution in [-0.4, -0.2) is 19.6 Å². The van der Waals surface area contributed by atoms with Gasteiger partial charge in [0.15, 0.2) is 0 Å². The van der Waals surface area contributed by atoms with Crippen LogP contribution in [0.5, 0.6) is 0 Å². The number of fused-ring (bicyclic) bond motifs is 2. The van der Waals surface area contributed by atoms with Crippen LogP contribution < -0.4 is 5.32 Å². The van der Waals surface area contributed by atoms with E-state index in [1.165, 1.54) is 24.0 Å². The minimum Gasteiger partial charge on any atom is -0.363 e. The largest absolute Gasteiger partial charge is 0.453 e. The van der Waals surface area contributed by atoms with Crippen molar-refractivity contribution in [3.63, 3.8) is 0 Å². The minimum atomic E-state index is -4.61. The molecule has 0 saturated heterocycles. The van der Waals surface area contributed by atoms with Crippen molar-refractivity contribution >= 4 is 11.6 Å².